The van der Waals surface area contributed by atoms with Crippen LogP contribution < -0.4 is 14.2 Å². The molecule has 0 aliphatic heterocycles. The van der Waals surface area contributed by atoms with Crippen molar-refractivity contribution in [1.29, 1.82) is 0 Å². The molecule has 0 heterocycles. The molecule has 0 unspecified atom stereocenters. The minimum absolute atomic E-state index is 0.147. The zero-order valence-electron chi connectivity index (χ0n) is 13.4. The first-order valence-electron chi connectivity index (χ1n) is 6.91. The fraction of sp³-hybridized carbons (Fsp3) is 0.235. The van der Waals surface area contributed by atoms with Gasteiger partial charge in [0.1, 0.15) is 18.2 Å². The largest absolute Gasteiger partial charge is 0.496 e. The highest BCUT2D eigenvalue weighted by atomic mass is 35.5. The number of halogens is 2. The summed E-state index contributed by atoms with van der Waals surface area (Å²) in [5, 5.41) is 0.215. The van der Waals surface area contributed by atoms with E-state index in [4.69, 9.17) is 30.5 Å². The number of ether oxygens (including phenoxy) is 4. The summed E-state index contributed by atoms with van der Waals surface area (Å²) in [6, 6.07) is 6.83. The number of hydrogen-bond donors (Lipinski definition) is 0. The van der Waals surface area contributed by atoms with Crippen molar-refractivity contribution >= 4 is 17.6 Å². The van der Waals surface area contributed by atoms with Crippen LogP contribution in [-0.4, -0.2) is 27.3 Å². The van der Waals surface area contributed by atoms with Crippen molar-refractivity contribution in [3.63, 3.8) is 0 Å². The van der Waals surface area contributed by atoms with Crippen molar-refractivity contribution < 1.29 is 28.1 Å². The van der Waals surface area contributed by atoms with Crippen LogP contribution in [-0.2, 0) is 11.3 Å². The molecule has 128 valence electrons. The quantitative estimate of drug-likeness (QED) is 0.737. The van der Waals surface area contributed by atoms with Gasteiger partial charge in [0.2, 0.25) is 0 Å². The van der Waals surface area contributed by atoms with Crippen molar-refractivity contribution in [1.82, 2.24) is 0 Å². The maximum atomic E-state index is 13.3. The maximum Gasteiger partial charge on any atom is 0.338 e. The third-order valence-electron chi connectivity index (χ3n) is 3.27. The predicted octanol–water partition coefficient (Wildman–Crippen LogP) is 3.86. The Morgan fingerprint density at radius 1 is 1.04 bits per heavy atom. The van der Waals surface area contributed by atoms with E-state index >= 15 is 0 Å². The molecule has 0 amide bonds. The van der Waals surface area contributed by atoms with Gasteiger partial charge in [-0.2, -0.15) is 0 Å². The Hall–Kier alpha value is -2.47. The first kappa shape index (κ1) is 17.9. The van der Waals surface area contributed by atoms with Crippen molar-refractivity contribution in [3.05, 3.63) is 52.3 Å². The van der Waals surface area contributed by atoms with Crippen LogP contribution >= 0.6 is 11.6 Å². The summed E-state index contributed by atoms with van der Waals surface area (Å²) in [6.07, 6.45) is 0. The van der Waals surface area contributed by atoms with E-state index < -0.39 is 11.8 Å². The zero-order valence-corrected chi connectivity index (χ0v) is 14.1. The molecule has 0 aromatic heterocycles. The number of methoxy groups -OCH3 is 3. The summed E-state index contributed by atoms with van der Waals surface area (Å²) < 4.78 is 33.9. The van der Waals surface area contributed by atoms with Gasteiger partial charge in [0.15, 0.2) is 11.5 Å². The van der Waals surface area contributed by atoms with Crippen molar-refractivity contribution in [3.8, 4) is 17.2 Å². The van der Waals surface area contributed by atoms with E-state index in [2.05, 4.69) is 0 Å². The Kier molecular flexibility index (Phi) is 5.87. The van der Waals surface area contributed by atoms with Crippen LogP contribution in [0.5, 0.6) is 17.2 Å². The summed E-state index contributed by atoms with van der Waals surface area (Å²) in [6.45, 7) is -0.147. The van der Waals surface area contributed by atoms with Crippen LogP contribution in [0.15, 0.2) is 30.3 Å². The zero-order chi connectivity index (χ0) is 17.7. The number of carbonyl (C=O) groups excluding carboxylic acids is 1. The molecule has 0 bridgehead atoms. The van der Waals surface area contributed by atoms with Gasteiger partial charge in [0.25, 0.3) is 0 Å². The summed E-state index contributed by atoms with van der Waals surface area (Å²) in [5.74, 6) is -0.0301. The smallest absolute Gasteiger partial charge is 0.338 e. The molecule has 2 aromatic rings. The highest BCUT2D eigenvalue weighted by Crippen LogP contribution is 2.36. The highest BCUT2D eigenvalue weighted by molar-refractivity contribution is 6.32. The summed E-state index contributed by atoms with van der Waals surface area (Å²) in [7, 11) is 4.32. The molecule has 7 heteroatoms. The number of rotatable bonds is 6. The second-order valence-electron chi connectivity index (χ2n) is 4.73. The van der Waals surface area contributed by atoms with Gasteiger partial charge in [-0.3, -0.25) is 0 Å². The number of hydrogen-bond acceptors (Lipinski definition) is 5. The normalized spacial score (nSPS) is 10.2. The van der Waals surface area contributed by atoms with E-state index in [0.29, 0.717) is 22.8 Å². The van der Waals surface area contributed by atoms with Gasteiger partial charge in [0, 0.05) is 5.56 Å². The SMILES string of the molecule is COc1ccc(F)cc1COC(=O)c1cc(Cl)c(OC)c(OC)c1. The van der Waals surface area contributed by atoms with Crippen LogP contribution in [0.2, 0.25) is 5.02 Å². The number of esters is 1. The lowest BCUT2D eigenvalue weighted by Crippen LogP contribution is -2.07. The van der Waals surface area contributed by atoms with Crippen LogP contribution in [0.3, 0.4) is 0 Å². The van der Waals surface area contributed by atoms with Crippen LogP contribution in [0.1, 0.15) is 15.9 Å². The third-order valence-corrected chi connectivity index (χ3v) is 3.55. The standard InChI is InChI=1S/C17H16ClFO5/c1-21-14-5-4-12(19)6-11(14)9-24-17(20)10-7-13(18)16(23-3)15(8-10)22-2/h4-8H,9H2,1-3H3. The van der Waals surface area contributed by atoms with Gasteiger partial charge in [0.05, 0.1) is 31.9 Å². The van der Waals surface area contributed by atoms with E-state index in [1.54, 1.807) is 0 Å². The second kappa shape index (κ2) is 7.88. The van der Waals surface area contributed by atoms with Crippen LogP contribution in [0, 0.1) is 5.82 Å². The van der Waals surface area contributed by atoms with Gasteiger partial charge in [-0.15, -0.1) is 0 Å². The fourth-order valence-corrected chi connectivity index (χ4v) is 2.41. The predicted molar refractivity (Wildman–Crippen MR) is 86.6 cm³/mol. The first-order chi connectivity index (χ1) is 11.5. The van der Waals surface area contributed by atoms with Crippen molar-refractivity contribution in [2.45, 2.75) is 6.61 Å². The molecule has 0 aliphatic rings. The van der Waals surface area contributed by atoms with E-state index in [0.717, 1.165) is 0 Å². The average molecular weight is 355 g/mol. The lowest BCUT2D eigenvalue weighted by Gasteiger charge is -2.12. The lowest BCUT2D eigenvalue weighted by atomic mass is 10.2. The molecule has 0 N–H and O–H groups in total. The monoisotopic (exact) mass is 354 g/mol. The van der Waals surface area contributed by atoms with E-state index in [1.807, 2.05) is 0 Å². The maximum absolute atomic E-state index is 13.3. The third kappa shape index (κ3) is 3.89. The van der Waals surface area contributed by atoms with E-state index in [1.165, 1.54) is 51.7 Å². The molecular weight excluding hydrogens is 339 g/mol. The average Bonchev–Trinajstić information content (AvgIpc) is 2.58. The Bertz CT molecular complexity index is 748. The Labute approximate surface area is 143 Å². The second-order valence-corrected chi connectivity index (χ2v) is 5.13. The van der Waals surface area contributed by atoms with Gasteiger partial charge in [-0.25, -0.2) is 9.18 Å². The topological polar surface area (TPSA) is 54.0 Å². The van der Waals surface area contributed by atoms with Gasteiger partial charge in [-0.1, -0.05) is 11.6 Å². The number of carbonyl (C=O) groups is 1. The molecule has 5 nitrogen and oxygen atoms in total. The molecule has 0 saturated heterocycles. The van der Waals surface area contributed by atoms with Gasteiger partial charge < -0.3 is 18.9 Å². The van der Waals surface area contributed by atoms with E-state index in [9.17, 15) is 9.18 Å². The van der Waals surface area contributed by atoms with Crippen LogP contribution in [0.4, 0.5) is 4.39 Å². The van der Waals surface area contributed by atoms with E-state index in [-0.39, 0.29) is 17.2 Å². The number of benzene rings is 2. The molecule has 0 atom stereocenters. The minimum Gasteiger partial charge on any atom is -0.496 e. The molecule has 0 aliphatic carbocycles. The molecule has 0 saturated carbocycles. The molecular formula is C17H16ClFO5. The molecule has 2 aromatic carbocycles. The Morgan fingerprint density at radius 2 is 1.75 bits per heavy atom. The summed E-state index contributed by atoms with van der Waals surface area (Å²) in [4.78, 5) is 12.2. The van der Waals surface area contributed by atoms with Crippen molar-refractivity contribution in [2.24, 2.45) is 0 Å². The Balaban J connectivity index is 2.19. The van der Waals surface area contributed by atoms with Crippen LogP contribution in [0.25, 0.3) is 0 Å². The van der Waals surface area contributed by atoms with Gasteiger partial charge in [-0.05, 0) is 30.3 Å². The minimum atomic E-state index is -0.635. The molecule has 2 rings (SSSR count). The molecule has 24 heavy (non-hydrogen) atoms. The molecule has 0 radical (unpaired) electrons. The highest BCUT2D eigenvalue weighted by Gasteiger charge is 2.17. The molecule has 0 fully saturated rings. The van der Waals surface area contributed by atoms with Gasteiger partial charge >= 0.3 is 5.97 Å². The first-order valence-corrected chi connectivity index (χ1v) is 7.29. The fourth-order valence-electron chi connectivity index (χ4n) is 2.12. The summed E-state index contributed by atoms with van der Waals surface area (Å²) >= 11 is 6.06. The summed E-state index contributed by atoms with van der Waals surface area (Å²) in [5.41, 5.74) is 0.602. The lowest BCUT2D eigenvalue weighted by molar-refractivity contribution is 0.0469. The van der Waals surface area contributed by atoms with Crippen molar-refractivity contribution in [2.75, 3.05) is 21.3 Å². The molecule has 0 spiro atoms. The Morgan fingerprint density at radius 3 is 2.38 bits per heavy atom.